The molecule has 2 heterocycles. The van der Waals surface area contributed by atoms with E-state index in [9.17, 15) is 19.2 Å². The number of hydrogen-bond acceptors (Lipinski definition) is 12. The molecule has 3 N–H and O–H groups in total. The van der Waals surface area contributed by atoms with Crippen LogP contribution in [0.25, 0.3) is 11.0 Å². The summed E-state index contributed by atoms with van der Waals surface area (Å²) in [5.41, 5.74) is 3.05. The molecule has 1 atom stereocenters. The first-order valence-electron chi connectivity index (χ1n) is 16.6. The van der Waals surface area contributed by atoms with Crippen molar-refractivity contribution in [1.82, 2.24) is 19.9 Å². The summed E-state index contributed by atoms with van der Waals surface area (Å²) in [5.74, 6) is -0.0690. The lowest BCUT2D eigenvalue weighted by Crippen LogP contribution is -2.34. The van der Waals surface area contributed by atoms with E-state index in [1.54, 1.807) is 60.8 Å². The molecule has 0 radical (unpaired) electrons. The summed E-state index contributed by atoms with van der Waals surface area (Å²) >= 11 is 0. The molecule has 1 saturated carbocycles. The van der Waals surface area contributed by atoms with Gasteiger partial charge < -0.3 is 28.8 Å². The van der Waals surface area contributed by atoms with Crippen LogP contribution in [0.1, 0.15) is 67.2 Å². The third-order valence-electron chi connectivity index (χ3n) is 8.34. The summed E-state index contributed by atoms with van der Waals surface area (Å²) in [6.45, 7) is 1.76. The average molecular weight is 700 g/mol. The molecular formula is C36H41N7O8. The van der Waals surface area contributed by atoms with Gasteiger partial charge in [0.2, 0.25) is 6.29 Å². The Balaban J connectivity index is 1.21. The van der Waals surface area contributed by atoms with E-state index in [-0.39, 0.29) is 30.8 Å². The number of aromatic nitrogens is 3. The molecule has 4 aromatic rings. The highest BCUT2D eigenvalue weighted by Crippen LogP contribution is 2.23. The molecule has 2 aromatic carbocycles. The standard InChI is InChI=1S/C36H41N7O8/c1-23(50-36(47)51-27-9-5-4-6-10-27)49-32(44)18-20-43(30-11-7-8-19-38-30)34(45)25-14-17-29-28(21-25)40-31(42(29)2)22-39-26-15-12-24(13-16-26)33(37)41-35(46)48-3/h7-8,11-17,19,21,23,27,39H,4-6,9-10,18,20,22H2,1-3H3,(H2,37,41,46). The molecular weight excluding hydrogens is 658 g/mol. The smallest absolute Gasteiger partial charge is 0.453 e. The van der Waals surface area contributed by atoms with E-state index < -0.39 is 24.5 Å². The number of anilines is 2. The summed E-state index contributed by atoms with van der Waals surface area (Å²) in [4.78, 5) is 60.6. The molecule has 1 aliphatic carbocycles. The van der Waals surface area contributed by atoms with Gasteiger partial charge in [0.1, 0.15) is 23.6 Å². The van der Waals surface area contributed by atoms with Gasteiger partial charge in [0.15, 0.2) is 0 Å². The number of pyridine rings is 1. The number of fused-ring (bicyclic) bond motifs is 1. The van der Waals surface area contributed by atoms with E-state index >= 15 is 0 Å². The number of benzene rings is 2. The van der Waals surface area contributed by atoms with Gasteiger partial charge in [-0.2, -0.15) is 0 Å². The number of imidazole rings is 1. The summed E-state index contributed by atoms with van der Waals surface area (Å²) in [7, 11) is 3.11. The molecule has 1 aliphatic rings. The number of carbonyl (C=O) groups excluding carboxylic acids is 4. The number of rotatable bonds is 12. The van der Waals surface area contributed by atoms with Crippen LogP contribution in [0.15, 0.2) is 66.9 Å². The quantitative estimate of drug-likeness (QED) is 0.0543. The second-order valence-electron chi connectivity index (χ2n) is 11.9. The molecule has 15 heteroatoms. The number of nitrogens with one attached hydrogen (secondary N) is 3. The maximum absolute atomic E-state index is 13.9. The molecule has 1 unspecified atom stereocenters. The topological polar surface area (TPSA) is 187 Å². The molecule has 15 nitrogen and oxygen atoms in total. The first kappa shape index (κ1) is 36.3. The second-order valence-corrected chi connectivity index (χ2v) is 11.9. The third kappa shape index (κ3) is 9.80. The summed E-state index contributed by atoms with van der Waals surface area (Å²) in [5, 5.41) is 13.6. The van der Waals surface area contributed by atoms with E-state index in [4.69, 9.17) is 24.6 Å². The van der Waals surface area contributed by atoms with Crippen molar-refractivity contribution in [1.29, 1.82) is 5.41 Å². The van der Waals surface area contributed by atoms with Crippen LogP contribution in [0.2, 0.25) is 0 Å². The van der Waals surface area contributed by atoms with Gasteiger partial charge in [-0.3, -0.25) is 25.2 Å². The van der Waals surface area contributed by atoms with Crippen LogP contribution >= 0.6 is 0 Å². The van der Waals surface area contributed by atoms with E-state index in [1.165, 1.54) is 18.9 Å². The SMILES string of the molecule is COC(=O)NC(=N)c1ccc(NCc2nc3cc(C(=O)N(CCC(=O)OC(C)OC(=O)OC4CCCCC4)c4ccccn4)ccc3n2C)cc1. The maximum Gasteiger partial charge on any atom is 0.511 e. The number of aryl methyl sites for hydroxylation is 1. The van der Waals surface area contributed by atoms with E-state index in [1.807, 2.05) is 17.7 Å². The van der Waals surface area contributed by atoms with Crippen molar-refractivity contribution in [2.24, 2.45) is 7.05 Å². The number of carbonyl (C=O) groups is 4. The van der Waals surface area contributed by atoms with Crippen LogP contribution in [0.5, 0.6) is 0 Å². The minimum Gasteiger partial charge on any atom is -0.453 e. The van der Waals surface area contributed by atoms with Gasteiger partial charge in [0.25, 0.3) is 5.91 Å². The number of methoxy groups -OCH3 is 1. The molecule has 5 rings (SSSR count). The van der Waals surface area contributed by atoms with Gasteiger partial charge in [0.05, 0.1) is 31.1 Å². The molecule has 0 bridgehead atoms. The van der Waals surface area contributed by atoms with E-state index in [0.29, 0.717) is 34.8 Å². The molecule has 2 amide bonds. The van der Waals surface area contributed by atoms with Crippen LogP contribution < -0.4 is 15.5 Å². The predicted molar refractivity (Wildman–Crippen MR) is 187 cm³/mol. The highest BCUT2D eigenvalue weighted by atomic mass is 16.8. The van der Waals surface area contributed by atoms with Gasteiger partial charge in [-0.05, 0) is 80.3 Å². The van der Waals surface area contributed by atoms with Crippen molar-refractivity contribution in [2.75, 3.05) is 23.9 Å². The number of amidine groups is 1. The largest absolute Gasteiger partial charge is 0.511 e. The molecule has 51 heavy (non-hydrogen) atoms. The number of nitrogens with zero attached hydrogens (tertiary/aromatic N) is 4. The average Bonchev–Trinajstić information content (AvgIpc) is 3.45. The Morgan fingerprint density at radius 3 is 2.45 bits per heavy atom. The van der Waals surface area contributed by atoms with Crippen molar-refractivity contribution in [3.05, 3.63) is 83.8 Å². The molecule has 1 fully saturated rings. The molecule has 2 aromatic heterocycles. The lowest BCUT2D eigenvalue weighted by atomic mass is 9.98. The zero-order valence-electron chi connectivity index (χ0n) is 28.7. The van der Waals surface area contributed by atoms with Crippen LogP contribution in [-0.4, -0.2) is 70.5 Å². The van der Waals surface area contributed by atoms with Gasteiger partial charge in [-0.25, -0.2) is 19.6 Å². The van der Waals surface area contributed by atoms with Crippen molar-refractivity contribution in [3.63, 3.8) is 0 Å². The monoisotopic (exact) mass is 699 g/mol. The van der Waals surface area contributed by atoms with Crippen LogP contribution in [0, 0.1) is 5.41 Å². The van der Waals surface area contributed by atoms with Crippen molar-refractivity contribution < 1.29 is 38.1 Å². The number of alkyl carbamates (subject to hydrolysis) is 1. The Bertz CT molecular complexity index is 1860. The van der Waals surface area contributed by atoms with Crippen LogP contribution in [0.4, 0.5) is 21.1 Å². The molecule has 0 saturated heterocycles. The first-order valence-corrected chi connectivity index (χ1v) is 16.6. The number of ether oxygens (including phenoxy) is 4. The van der Waals surface area contributed by atoms with Crippen molar-refractivity contribution in [3.8, 4) is 0 Å². The third-order valence-corrected chi connectivity index (χ3v) is 8.34. The van der Waals surface area contributed by atoms with Crippen LogP contribution in [-0.2, 0) is 37.3 Å². The first-order chi connectivity index (χ1) is 24.6. The summed E-state index contributed by atoms with van der Waals surface area (Å²) < 4.78 is 22.2. The predicted octanol–water partition coefficient (Wildman–Crippen LogP) is 5.67. The number of amides is 2. The normalized spacial score (nSPS) is 13.5. The van der Waals surface area contributed by atoms with Crippen molar-refractivity contribution in [2.45, 2.75) is 64.4 Å². The van der Waals surface area contributed by atoms with E-state index in [0.717, 1.165) is 43.3 Å². The minimum absolute atomic E-state index is 0.0413. The zero-order valence-corrected chi connectivity index (χ0v) is 28.7. The van der Waals surface area contributed by atoms with Gasteiger partial charge in [-0.1, -0.05) is 12.5 Å². The Morgan fingerprint density at radius 1 is 1.00 bits per heavy atom. The summed E-state index contributed by atoms with van der Waals surface area (Å²) in [6.07, 6.45) is 3.11. The lowest BCUT2D eigenvalue weighted by Gasteiger charge is -2.23. The Morgan fingerprint density at radius 2 is 1.75 bits per heavy atom. The fourth-order valence-electron chi connectivity index (χ4n) is 5.64. The van der Waals surface area contributed by atoms with Gasteiger partial charge in [0, 0.05) is 43.5 Å². The molecule has 268 valence electrons. The maximum atomic E-state index is 13.9. The Hall–Kier alpha value is -5.99. The molecule has 0 spiro atoms. The van der Waals surface area contributed by atoms with E-state index in [2.05, 4.69) is 20.4 Å². The minimum atomic E-state index is -1.16. The highest BCUT2D eigenvalue weighted by Gasteiger charge is 2.24. The fourth-order valence-corrected chi connectivity index (χ4v) is 5.64. The number of esters is 1. The zero-order chi connectivity index (χ0) is 36.3. The van der Waals surface area contributed by atoms with Gasteiger partial charge >= 0.3 is 18.2 Å². The van der Waals surface area contributed by atoms with Crippen molar-refractivity contribution >= 4 is 52.5 Å². The number of hydrogen-bond donors (Lipinski definition) is 3. The van der Waals surface area contributed by atoms with Crippen LogP contribution in [0.3, 0.4) is 0 Å². The highest BCUT2D eigenvalue weighted by molar-refractivity contribution is 6.07. The Labute approximate surface area is 294 Å². The lowest BCUT2D eigenvalue weighted by molar-refractivity contribution is -0.168. The second kappa shape index (κ2) is 17.1. The fraction of sp³-hybridized carbons (Fsp3) is 0.361. The van der Waals surface area contributed by atoms with Gasteiger partial charge in [-0.15, -0.1) is 0 Å². The summed E-state index contributed by atoms with van der Waals surface area (Å²) in [6, 6.07) is 17.3. The molecule has 0 aliphatic heterocycles. The Kier molecular flexibility index (Phi) is 12.2.